The molecule has 2 nitrogen and oxygen atoms in total. The maximum atomic E-state index is 5.18. The standard InChI is InChI=1S/C7H15NO/c1-6-3-4-7(9-2)5-8-6/h6-8H,3-5H2,1-2H3/t6-,7-/m1/s1. The molecule has 2 heteroatoms. The molecule has 0 amide bonds. The fraction of sp³-hybridized carbons (Fsp3) is 1.00. The lowest BCUT2D eigenvalue weighted by molar-refractivity contribution is 0.0724. The topological polar surface area (TPSA) is 21.3 Å². The van der Waals surface area contributed by atoms with Crippen molar-refractivity contribution in [3.05, 3.63) is 0 Å². The van der Waals surface area contributed by atoms with E-state index in [0.717, 1.165) is 6.54 Å². The van der Waals surface area contributed by atoms with E-state index >= 15 is 0 Å². The Morgan fingerprint density at radius 2 is 2.22 bits per heavy atom. The molecule has 0 aromatic carbocycles. The summed E-state index contributed by atoms with van der Waals surface area (Å²) in [6.07, 6.45) is 2.92. The summed E-state index contributed by atoms with van der Waals surface area (Å²) < 4.78 is 5.18. The molecular weight excluding hydrogens is 114 g/mol. The molecule has 1 aliphatic heterocycles. The van der Waals surface area contributed by atoms with E-state index in [4.69, 9.17) is 4.74 Å². The van der Waals surface area contributed by atoms with Gasteiger partial charge in [0.05, 0.1) is 6.10 Å². The Labute approximate surface area is 56.6 Å². The average molecular weight is 129 g/mol. The number of nitrogens with one attached hydrogen (secondary N) is 1. The van der Waals surface area contributed by atoms with E-state index in [9.17, 15) is 0 Å². The van der Waals surface area contributed by atoms with Gasteiger partial charge in [0.1, 0.15) is 0 Å². The minimum absolute atomic E-state index is 0.459. The molecule has 0 radical (unpaired) electrons. The maximum Gasteiger partial charge on any atom is 0.0696 e. The van der Waals surface area contributed by atoms with Gasteiger partial charge in [-0.25, -0.2) is 0 Å². The molecule has 1 fully saturated rings. The van der Waals surface area contributed by atoms with Crippen molar-refractivity contribution in [1.29, 1.82) is 0 Å². The summed E-state index contributed by atoms with van der Waals surface area (Å²) in [5, 5.41) is 3.36. The van der Waals surface area contributed by atoms with E-state index in [1.54, 1.807) is 7.11 Å². The number of methoxy groups -OCH3 is 1. The Kier molecular flexibility index (Phi) is 2.49. The highest BCUT2D eigenvalue weighted by Crippen LogP contribution is 2.08. The van der Waals surface area contributed by atoms with Crippen LogP contribution in [0.3, 0.4) is 0 Å². The minimum atomic E-state index is 0.459. The lowest BCUT2D eigenvalue weighted by Crippen LogP contribution is -2.40. The number of piperidine rings is 1. The van der Waals surface area contributed by atoms with Crippen LogP contribution in [-0.4, -0.2) is 25.8 Å². The lowest BCUT2D eigenvalue weighted by Gasteiger charge is -2.26. The highest BCUT2D eigenvalue weighted by atomic mass is 16.5. The highest BCUT2D eigenvalue weighted by Gasteiger charge is 2.15. The van der Waals surface area contributed by atoms with Gasteiger partial charge in [0, 0.05) is 19.7 Å². The Hall–Kier alpha value is -0.0800. The van der Waals surface area contributed by atoms with Gasteiger partial charge in [-0.3, -0.25) is 0 Å². The first-order valence-corrected chi connectivity index (χ1v) is 3.59. The molecular formula is C7H15NO. The van der Waals surface area contributed by atoms with Crippen molar-refractivity contribution in [1.82, 2.24) is 5.32 Å². The Balaban J connectivity index is 2.18. The molecule has 2 atom stereocenters. The average Bonchev–Trinajstić information content (AvgIpc) is 1.90. The van der Waals surface area contributed by atoms with Crippen LogP contribution >= 0.6 is 0 Å². The van der Waals surface area contributed by atoms with Crippen LogP contribution in [-0.2, 0) is 4.74 Å². The first-order valence-electron chi connectivity index (χ1n) is 3.59. The van der Waals surface area contributed by atoms with Gasteiger partial charge < -0.3 is 10.1 Å². The second-order valence-electron chi connectivity index (χ2n) is 2.74. The first-order chi connectivity index (χ1) is 4.33. The predicted octanol–water partition coefficient (Wildman–Crippen LogP) is 0.773. The summed E-state index contributed by atoms with van der Waals surface area (Å²) in [4.78, 5) is 0. The molecule has 1 saturated heterocycles. The van der Waals surface area contributed by atoms with Gasteiger partial charge in [0.2, 0.25) is 0 Å². The summed E-state index contributed by atoms with van der Waals surface area (Å²) in [6, 6.07) is 0.691. The summed E-state index contributed by atoms with van der Waals surface area (Å²) in [5.41, 5.74) is 0. The molecule has 0 spiro atoms. The van der Waals surface area contributed by atoms with Crippen molar-refractivity contribution in [2.75, 3.05) is 13.7 Å². The van der Waals surface area contributed by atoms with Gasteiger partial charge in [-0.15, -0.1) is 0 Å². The molecule has 0 bridgehead atoms. The Morgan fingerprint density at radius 1 is 1.44 bits per heavy atom. The first kappa shape index (κ1) is 7.03. The molecule has 0 unspecified atom stereocenters. The van der Waals surface area contributed by atoms with Crippen LogP contribution in [0.4, 0.5) is 0 Å². The molecule has 0 aromatic rings. The molecule has 9 heavy (non-hydrogen) atoms. The Morgan fingerprint density at radius 3 is 2.67 bits per heavy atom. The predicted molar refractivity (Wildman–Crippen MR) is 37.5 cm³/mol. The van der Waals surface area contributed by atoms with Gasteiger partial charge in [0.15, 0.2) is 0 Å². The molecule has 0 aromatic heterocycles. The zero-order valence-corrected chi connectivity index (χ0v) is 6.18. The molecule has 1 heterocycles. The van der Waals surface area contributed by atoms with Crippen LogP contribution in [0.2, 0.25) is 0 Å². The van der Waals surface area contributed by atoms with Crippen LogP contribution in [0.1, 0.15) is 19.8 Å². The third-order valence-electron chi connectivity index (χ3n) is 1.95. The van der Waals surface area contributed by atoms with E-state index in [-0.39, 0.29) is 0 Å². The maximum absolute atomic E-state index is 5.18. The summed E-state index contributed by atoms with van der Waals surface area (Å²) in [7, 11) is 1.78. The molecule has 0 aliphatic carbocycles. The second kappa shape index (κ2) is 3.18. The molecule has 0 saturated carbocycles. The van der Waals surface area contributed by atoms with E-state index in [0.29, 0.717) is 12.1 Å². The SMILES string of the molecule is CO[C@@H]1CC[C@@H](C)NC1. The minimum Gasteiger partial charge on any atom is -0.380 e. The monoisotopic (exact) mass is 129 g/mol. The van der Waals surface area contributed by atoms with Crippen molar-refractivity contribution < 1.29 is 4.74 Å². The number of hydrogen-bond donors (Lipinski definition) is 1. The third kappa shape index (κ3) is 1.95. The quantitative estimate of drug-likeness (QED) is 0.564. The van der Waals surface area contributed by atoms with Crippen molar-refractivity contribution >= 4 is 0 Å². The van der Waals surface area contributed by atoms with Crippen molar-refractivity contribution in [2.45, 2.75) is 31.9 Å². The fourth-order valence-corrected chi connectivity index (χ4v) is 1.17. The van der Waals surface area contributed by atoms with Crippen molar-refractivity contribution in [3.63, 3.8) is 0 Å². The van der Waals surface area contributed by atoms with Crippen LogP contribution in [0.15, 0.2) is 0 Å². The highest BCUT2D eigenvalue weighted by molar-refractivity contribution is 4.74. The molecule has 1 N–H and O–H groups in total. The smallest absolute Gasteiger partial charge is 0.0696 e. The molecule has 1 aliphatic rings. The van der Waals surface area contributed by atoms with Crippen LogP contribution in [0.5, 0.6) is 0 Å². The van der Waals surface area contributed by atoms with Gasteiger partial charge in [-0.1, -0.05) is 0 Å². The molecule has 54 valence electrons. The Bertz CT molecular complexity index is 77.0. The van der Waals surface area contributed by atoms with Gasteiger partial charge >= 0.3 is 0 Å². The normalized spacial score (nSPS) is 36.7. The van der Waals surface area contributed by atoms with E-state index in [2.05, 4.69) is 12.2 Å². The van der Waals surface area contributed by atoms with Gasteiger partial charge in [-0.2, -0.15) is 0 Å². The second-order valence-corrected chi connectivity index (χ2v) is 2.74. The van der Waals surface area contributed by atoms with Crippen LogP contribution < -0.4 is 5.32 Å². The van der Waals surface area contributed by atoms with Gasteiger partial charge in [0.25, 0.3) is 0 Å². The zero-order valence-electron chi connectivity index (χ0n) is 6.18. The van der Waals surface area contributed by atoms with Crippen molar-refractivity contribution in [3.8, 4) is 0 Å². The fourth-order valence-electron chi connectivity index (χ4n) is 1.17. The summed E-state index contributed by atoms with van der Waals surface area (Å²) >= 11 is 0. The summed E-state index contributed by atoms with van der Waals surface area (Å²) in [5.74, 6) is 0. The van der Waals surface area contributed by atoms with Gasteiger partial charge in [-0.05, 0) is 19.8 Å². The molecule has 1 rings (SSSR count). The third-order valence-corrected chi connectivity index (χ3v) is 1.95. The van der Waals surface area contributed by atoms with Crippen LogP contribution in [0, 0.1) is 0 Å². The number of rotatable bonds is 1. The summed E-state index contributed by atoms with van der Waals surface area (Å²) in [6.45, 7) is 3.24. The lowest BCUT2D eigenvalue weighted by atomic mass is 10.0. The number of hydrogen-bond acceptors (Lipinski definition) is 2. The van der Waals surface area contributed by atoms with Crippen LogP contribution in [0.25, 0.3) is 0 Å². The number of ether oxygens (including phenoxy) is 1. The van der Waals surface area contributed by atoms with E-state index in [1.165, 1.54) is 12.8 Å². The largest absolute Gasteiger partial charge is 0.380 e. The van der Waals surface area contributed by atoms with E-state index in [1.807, 2.05) is 0 Å². The zero-order chi connectivity index (χ0) is 6.69. The van der Waals surface area contributed by atoms with E-state index < -0.39 is 0 Å². The van der Waals surface area contributed by atoms with Crippen molar-refractivity contribution in [2.24, 2.45) is 0 Å².